The Kier molecular flexibility index (Phi) is 3.06. The lowest BCUT2D eigenvalue weighted by Crippen LogP contribution is -2.11. The first-order valence-corrected chi connectivity index (χ1v) is 5.09. The lowest BCUT2D eigenvalue weighted by atomic mass is 10.2. The molecule has 0 bridgehead atoms. The number of nitrogens with zero attached hydrogens (tertiary/aromatic N) is 3. The second-order valence-electron chi connectivity index (χ2n) is 3.99. The average molecular weight is 236 g/mol. The molecule has 2 N–H and O–H groups in total. The Bertz CT molecular complexity index is 524. The topological polar surface area (TPSA) is 68.2 Å². The maximum absolute atomic E-state index is 13.5. The third kappa shape index (κ3) is 2.59. The Balaban J connectivity index is 2.33. The highest BCUT2D eigenvalue weighted by Gasteiger charge is 2.13. The number of nitrogens with two attached hydrogens (primary N) is 1. The van der Waals surface area contributed by atoms with Crippen molar-refractivity contribution in [1.29, 1.82) is 0 Å². The van der Waals surface area contributed by atoms with E-state index in [1.807, 2.05) is 19.0 Å². The van der Waals surface area contributed by atoms with Crippen LogP contribution in [0.1, 0.15) is 5.82 Å². The quantitative estimate of drug-likeness (QED) is 0.818. The van der Waals surface area contributed by atoms with E-state index in [4.69, 9.17) is 10.3 Å². The largest absolute Gasteiger partial charge is 0.399 e. The van der Waals surface area contributed by atoms with Gasteiger partial charge in [0.2, 0.25) is 0 Å². The molecule has 0 aliphatic rings. The fraction of sp³-hybridized carbons (Fsp3) is 0.273. The second-order valence-corrected chi connectivity index (χ2v) is 3.99. The van der Waals surface area contributed by atoms with Crippen molar-refractivity contribution in [3.05, 3.63) is 29.8 Å². The van der Waals surface area contributed by atoms with Crippen LogP contribution in [0, 0.1) is 5.82 Å². The highest BCUT2D eigenvalue weighted by Crippen LogP contribution is 2.23. The van der Waals surface area contributed by atoms with Gasteiger partial charge in [0.15, 0.2) is 5.82 Å². The van der Waals surface area contributed by atoms with Crippen LogP contribution < -0.4 is 5.73 Å². The van der Waals surface area contributed by atoms with Gasteiger partial charge in [-0.3, -0.25) is 0 Å². The predicted molar refractivity (Wildman–Crippen MR) is 61.5 cm³/mol. The molecule has 17 heavy (non-hydrogen) atoms. The lowest BCUT2D eigenvalue weighted by molar-refractivity contribution is 0.365. The fourth-order valence-corrected chi connectivity index (χ4v) is 1.42. The number of benzene rings is 1. The van der Waals surface area contributed by atoms with Gasteiger partial charge in [0.25, 0.3) is 5.89 Å². The fourth-order valence-electron chi connectivity index (χ4n) is 1.42. The molecule has 0 unspecified atom stereocenters. The van der Waals surface area contributed by atoms with Crippen molar-refractivity contribution in [2.75, 3.05) is 19.8 Å². The summed E-state index contributed by atoms with van der Waals surface area (Å²) in [5, 5.41) is 3.77. The monoisotopic (exact) mass is 236 g/mol. The number of aromatic nitrogens is 2. The van der Waals surface area contributed by atoms with Gasteiger partial charge >= 0.3 is 0 Å². The van der Waals surface area contributed by atoms with Crippen LogP contribution in [0.2, 0.25) is 0 Å². The zero-order valence-corrected chi connectivity index (χ0v) is 9.64. The third-order valence-corrected chi connectivity index (χ3v) is 2.15. The second kappa shape index (κ2) is 4.50. The van der Waals surface area contributed by atoms with Crippen LogP contribution >= 0.6 is 0 Å². The van der Waals surface area contributed by atoms with Crippen LogP contribution in [0.5, 0.6) is 0 Å². The van der Waals surface area contributed by atoms with E-state index in [9.17, 15) is 4.39 Å². The summed E-state index contributed by atoms with van der Waals surface area (Å²) < 4.78 is 18.5. The van der Waals surface area contributed by atoms with Crippen LogP contribution in [0.25, 0.3) is 11.5 Å². The van der Waals surface area contributed by atoms with Gasteiger partial charge in [-0.1, -0.05) is 5.16 Å². The zero-order valence-electron chi connectivity index (χ0n) is 9.64. The van der Waals surface area contributed by atoms with Crippen LogP contribution in [0.15, 0.2) is 22.7 Å². The molecule has 0 saturated heterocycles. The molecule has 0 aliphatic carbocycles. The van der Waals surface area contributed by atoms with Crippen molar-refractivity contribution in [3.63, 3.8) is 0 Å². The Morgan fingerprint density at radius 3 is 2.88 bits per heavy atom. The molecular formula is C11H13FN4O. The summed E-state index contributed by atoms with van der Waals surface area (Å²) >= 11 is 0. The van der Waals surface area contributed by atoms with Crippen LogP contribution in [0.4, 0.5) is 10.1 Å². The number of anilines is 1. The van der Waals surface area contributed by atoms with Crippen molar-refractivity contribution in [3.8, 4) is 11.5 Å². The van der Waals surface area contributed by atoms with Crippen LogP contribution in [-0.4, -0.2) is 29.1 Å². The van der Waals surface area contributed by atoms with Crippen molar-refractivity contribution in [2.24, 2.45) is 0 Å². The smallest absolute Gasteiger partial charge is 0.261 e. The molecule has 1 aromatic heterocycles. The Hall–Kier alpha value is -1.95. The van der Waals surface area contributed by atoms with Crippen molar-refractivity contribution < 1.29 is 8.91 Å². The van der Waals surface area contributed by atoms with Crippen LogP contribution in [0.3, 0.4) is 0 Å². The minimum atomic E-state index is -0.431. The van der Waals surface area contributed by atoms with Gasteiger partial charge in [-0.2, -0.15) is 4.98 Å². The van der Waals surface area contributed by atoms with Gasteiger partial charge in [-0.25, -0.2) is 4.39 Å². The normalized spacial score (nSPS) is 11.1. The lowest BCUT2D eigenvalue weighted by Gasteiger charge is -2.03. The van der Waals surface area contributed by atoms with E-state index in [0.29, 0.717) is 18.1 Å². The first-order chi connectivity index (χ1) is 8.06. The Morgan fingerprint density at radius 1 is 1.41 bits per heavy atom. The van der Waals surface area contributed by atoms with Gasteiger partial charge in [0, 0.05) is 5.69 Å². The summed E-state index contributed by atoms with van der Waals surface area (Å²) in [5.41, 5.74) is 6.26. The Labute approximate surface area is 98.0 Å². The number of hydrogen-bond donors (Lipinski definition) is 1. The van der Waals surface area contributed by atoms with E-state index in [1.165, 1.54) is 18.2 Å². The molecule has 0 saturated carbocycles. The first kappa shape index (κ1) is 11.5. The standard InChI is InChI=1S/C11H13FN4O/c1-16(2)6-10-14-11(17-15-10)8-5-7(13)3-4-9(8)12/h3-5H,6,13H2,1-2H3. The average Bonchev–Trinajstić information content (AvgIpc) is 2.69. The predicted octanol–water partition coefficient (Wildman–Crippen LogP) is 1.52. The summed E-state index contributed by atoms with van der Waals surface area (Å²) in [5.74, 6) is 0.220. The van der Waals surface area contributed by atoms with Gasteiger partial charge in [0.1, 0.15) is 5.82 Å². The minimum absolute atomic E-state index is 0.145. The molecule has 2 aromatic rings. The molecule has 2 rings (SSSR count). The van der Waals surface area contributed by atoms with E-state index in [-0.39, 0.29) is 11.5 Å². The number of nitrogen functional groups attached to an aromatic ring is 1. The summed E-state index contributed by atoms with van der Waals surface area (Å²) in [7, 11) is 3.77. The number of halogens is 1. The van der Waals surface area contributed by atoms with E-state index >= 15 is 0 Å². The van der Waals surface area contributed by atoms with E-state index < -0.39 is 5.82 Å². The Morgan fingerprint density at radius 2 is 2.18 bits per heavy atom. The van der Waals surface area contributed by atoms with Gasteiger partial charge in [0.05, 0.1) is 12.1 Å². The maximum atomic E-state index is 13.5. The van der Waals surface area contributed by atoms with Gasteiger partial charge in [-0.05, 0) is 32.3 Å². The molecule has 0 spiro atoms. The van der Waals surface area contributed by atoms with Gasteiger partial charge in [-0.15, -0.1) is 0 Å². The van der Waals surface area contributed by atoms with Crippen molar-refractivity contribution >= 4 is 5.69 Å². The summed E-state index contributed by atoms with van der Waals surface area (Å²) in [6.07, 6.45) is 0. The third-order valence-electron chi connectivity index (χ3n) is 2.15. The molecular weight excluding hydrogens is 223 g/mol. The first-order valence-electron chi connectivity index (χ1n) is 5.09. The van der Waals surface area contributed by atoms with Crippen LogP contribution in [-0.2, 0) is 6.54 Å². The number of hydrogen-bond acceptors (Lipinski definition) is 5. The summed E-state index contributed by atoms with van der Waals surface area (Å²) in [6.45, 7) is 0.535. The summed E-state index contributed by atoms with van der Waals surface area (Å²) in [4.78, 5) is 6.00. The van der Waals surface area contributed by atoms with E-state index in [2.05, 4.69) is 10.1 Å². The van der Waals surface area contributed by atoms with E-state index in [0.717, 1.165) is 0 Å². The molecule has 0 fully saturated rings. The minimum Gasteiger partial charge on any atom is -0.399 e. The molecule has 1 aromatic carbocycles. The molecule has 90 valence electrons. The number of rotatable bonds is 3. The maximum Gasteiger partial charge on any atom is 0.261 e. The molecule has 0 amide bonds. The SMILES string of the molecule is CN(C)Cc1noc(-c2cc(N)ccc2F)n1. The molecule has 1 heterocycles. The highest BCUT2D eigenvalue weighted by molar-refractivity contribution is 5.60. The highest BCUT2D eigenvalue weighted by atomic mass is 19.1. The molecule has 0 aliphatic heterocycles. The van der Waals surface area contributed by atoms with Gasteiger partial charge < -0.3 is 15.2 Å². The molecule has 0 radical (unpaired) electrons. The van der Waals surface area contributed by atoms with Crippen molar-refractivity contribution in [2.45, 2.75) is 6.54 Å². The zero-order chi connectivity index (χ0) is 12.4. The molecule has 6 heteroatoms. The van der Waals surface area contributed by atoms with E-state index in [1.54, 1.807) is 0 Å². The van der Waals surface area contributed by atoms with Crippen molar-refractivity contribution in [1.82, 2.24) is 15.0 Å². The molecule has 0 atom stereocenters. The summed E-state index contributed by atoms with van der Waals surface area (Å²) in [6, 6.07) is 4.23. The molecule has 5 nitrogen and oxygen atoms in total.